The lowest BCUT2D eigenvalue weighted by Gasteiger charge is -2.22. The van der Waals surface area contributed by atoms with Gasteiger partial charge in [0.05, 0.1) is 11.2 Å². The molecule has 0 unspecified atom stereocenters. The zero-order chi connectivity index (χ0) is 13.8. The first kappa shape index (κ1) is 15.5. The monoisotopic (exact) mass is 332 g/mol. The van der Waals surface area contributed by atoms with Gasteiger partial charge < -0.3 is 9.84 Å². The molecule has 1 rings (SSSR count). The Morgan fingerprint density at radius 2 is 2.17 bits per heavy atom. The first-order valence-electron chi connectivity index (χ1n) is 5.56. The number of methoxy groups -OCH3 is 1. The summed E-state index contributed by atoms with van der Waals surface area (Å²) in [7, 11) is 1.69. The maximum absolute atomic E-state index is 11.1. The molecule has 0 saturated carbocycles. The number of carboxylic acids is 1. The van der Waals surface area contributed by atoms with Crippen molar-refractivity contribution in [2.24, 2.45) is 0 Å². The SMILES string of the molecule is COC(C)(C)CCSc1cc(Br)ccc1C(=O)O. The van der Waals surface area contributed by atoms with Crippen LogP contribution in [0.1, 0.15) is 30.6 Å². The molecule has 0 aromatic heterocycles. The van der Waals surface area contributed by atoms with Crippen molar-refractivity contribution < 1.29 is 14.6 Å². The first-order valence-corrected chi connectivity index (χ1v) is 7.34. The molecule has 1 N–H and O–H groups in total. The third kappa shape index (κ3) is 4.63. The molecule has 1 aromatic carbocycles. The van der Waals surface area contributed by atoms with E-state index in [4.69, 9.17) is 9.84 Å². The van der Waals surface area contributed by atoms with Crippen LogP contribution in [0.5, 0.6) is 0 Å². The Hall–Kier alpha value is -0.520. The summed E-state index contributed by atoms with van der Waals surface area (Å²) in [6.45, 7) is 4.04. The number of aromatic carboxylic acids is 1. The third-order valence-corrected chi connectivity index (χ3v) is 4.24. The van der Waals surface area contributed by atoms with E-state index in [9.17, 15) is 4.79 Å². The average molecular weight is 333 g/mol. The van der Waals surface area contributed by atoms with Gasteiger partial charge in [0, 0.05) is 22.2 Å². The Balaban J connectivity index is 2.72. The summed E-state index contributed by atoms with van der Waals surface area (Å²) in [5.41, 5.74) is 0.168. The Labute approximate surface area is 120 Å². The second-order valence-electron chi connectivity index (χ2n) is 4.51. The highest BCUT2D eigenvalue weighted by molar-refractivity contribution is 9.10. The molecule has 0 aliphatic carbocycles. The van der Waals surface area contributed by atoms with E-state index in [1.807, 2.05) is 19.9 Å². The molecule has 1 aromatic rings. The molecular weight excluding hydrogens is 316 g/mol. The van der Waals surface area contributed by atoms with E-state index in [1.165, 1.54) is 0 Å². The van der Waals surface area contributed by atoms with E-state index in [1.54, 1.807) is 31.0 Å². The fourth-order valence-electron chi connectivity index (χ4n) is 1.30. The van der Waals surface area contributed by atoms with Gasteiger partial charge in [-0.1, -0.05) is 15.9 Å². The first-order chi connectivity index (χ1) is 8.35. The predicted molar refractivity (Wildman–Crippen MR) is 77.5 cm³/mol. The van der Waals surface area contributed by atoms with Crippen molar-refractivity contribution in [1.82, 2.24) is 0 Å². The molecule has 0 fully saturated rings. The number of ether oxygens (including phenoxy) is 1. The molecule has 100 valence electrons. The molecule has 0 aliphatic heterocycles. The van der Waals surface area contributed by atoms with Crippen molar-refractivity contribution in [3.8, 4) is 0 Å². The van der Waals surface area contributed by atoms with E-state index in [0.29, 0.717) is 5.56 Å². The van der Waals surface area contributed by atoms with Crippen molar-refractivity contribution in [3.63, 3.8) is 0 Å². The molecule has 0 heterocycles. The van der Waals surface area contributed by atoms with E-state index in [0.717, 1.165) is 21.5 Å². The molecule has 0 bridgehead atoms. The van der Waals surface area contributed by atoms with Gasteiger partial charge in [-0.2, -0.15) is 0 Å². The van der Waals surface area contributed by atoms with E-state index >= 15 is 0 Å². The maximum atomic E-state index is 11.1. The molecule has 0 saturated heterocycles. The summed E-state index contributed by atoms with van der Waals surface area (Å²) in [4.78, 5) is 11.9. The minimum Gasteiger partial charge on any atom is -0.478 e. The topological polar surface area (TPSA) is 46.5 Å². The van der Waals surface area contributed by atoms with Crippen molar-refractivity contribution in [2.45, 2.75) is 30.8 Å². The summed E-state index contributed by atoms with van der Waals surface area (Å²) in [6.07, 6.45) is 0.861. The molecular formula is C13H17BrO3S. The lowest BCUT2D eigenvalue weighted by atomic mass is 10.1. The molecule has 0 spiro atoms. The van der Waals surface area contributed by atoms with E-state index in [-0.39, 0.29) is 5.60 Å². The molecule has 3 nitrogen and oxygen atoms in total. The highest BCUT2D eigenvalue weighted by atomic mass is 79.9. The Kier molecular flexibility index (Phi) is 5.69. The number of hydrogen-bond donors (Lipinski definition) is 1. The van der Waals surface area contributed by atoms with Crippen LogP contribution in [0.15, 0.2) is 27.6 Å². The predicted octanol–water partition coefficient (Wildman–Crippen LogP) is 4.05. The van der Waals surface area contributed by atoms with Gasteiger partial charge in [-0.25, -0.2) is 4.79 Å². The molecule has 0 atom stereocenters. The molecule has 5 heteroatoms. The quantitative estimate of drug-likeness (QED) is 0.798. The standard InChI is InChI=1S/C13H17BrO3S/c1-13(2,17-3)6-7-18-11-8-9(14)4-5-10(11)12(15)16/h4-5,8H,6-7H2,1-3H3,(H,15,16). The van der Waals surface area contributed by atoms with Crippen LogP contribution in [0.2, 0.25) is 0 Å². The van der Waals surface area contributed by atoms with Crippen LogP contribution in [0.3, 0.4) is 0 Å². The number of carbonyl (C=O) groups is 1. The Bertz CT molecular complexity index is 432. The van der Waals surface area contributed by atoms with Crippen LogP contribution in [0, 0.1) is 0 Å². The normalized spacial score (nSPS) is 11.6. The Morgan fingerprint density at radius 1 is 1.50 bits per heavy atom. The van der Waals surface area contributed by atoms with E-state index in [2.05, 4.69) is 15.9 Å². The Morgan fingerprint density at radius 3 is 2.72 bits per heavy atom. The van der Waals surface area contributed by atoms with Crippen LogP contribution < -0.4 is 0 Å². The fourth-order valence-corrected chi connectivity index (χ4v) is 3.15. The van der Waals surface area contributed by atoms with Gasteiger partial charge in [0.1, 0.15) is 0 Å². The number of halogens is 1. The lowest BCUT2D eigenvalue weighted by molar-refractivity contribution is 0.0207. The third-order valence-electron chi connectivity index (χ3n) is 2.69. The zero-order valence-corrected chi connectivity index (χ0v) is 13.1. The summed E-state index contributed by atoms with van der Waals surface area (Å²) < 4.78 is 6.23. The summed E-state index contributed by atoms with van der Waals surface area (Å²) in [6, 6.07) is 5.21. The molecule has 18 heavy (non-hydrogen) atoms. The number of thioether (sulfide) groups is 1. The maximum Gasteiger partial charge on any atom is 0.336 e. The number of hydrogen-bond acceptors (Lipinski definition) is 3. The van der Waals surface area contributed by atoms with Crippen LogP contribution >= 0.6 is 27.7 Å². The van der Waals surface area contributed by atoms with Crippen LogP contribution in [-0.4, -0.2) is 29.5 Å². The zero-order valence-electron chi connectivity index (χ0n) is 10.7. The van der Waals surface area contributed by atoms with Crippen LogP contribution in [0.4, 0.5) is 0 Å². The van der Waals surface area contributed by atoms with Gasteiger partial charge in [-0.05, 0) is 38.5 Å². The van der Waals surface area contributed by atoms with Crippen molar-refractivity contribution >= 4 is 33.7 Å². The highest BCUT2D eigenvalue weighted by Crippen LogP contribution is 2.29. The second-order valence-corrected chi connectivity index (χ2v) is 6.56. The van der Waals surface area contributed by atoms with Gasteiger partial charge in [-0.15, -0.1) is 11.8 Å². The number of rotatable bonds is 6. The minimum absolute atomic E-state index is 0.178. The van der Waals surface area contributed by atoms with Gasteiger partial charge in [0.25, 0.3) is 0 Å². The van der Waals surface area contributed by atoms with Crippen LogP contribution in [-0.2, 0) is 4.74 Å². The smallest absolute Gasteiger partial charge is 0.336 e. The largest absolute Gasteiger partial charge is 0.478 e. The van der Waals surface area contributed by atoms with Gasteiger partial charge in [-0.3, -0.25) is 0 Å². The van der Waals surface area contributed by atoms with Gasteiger partial charge in [0.2, 0.25) is 0 Å². The highest BCUT2D eigenvalue weighted by Gasteiger charge is 2.17. The minimum atomic E-state index is -0.893. The fraction of sp³-hybridized carbons (Fsp3) is 0.462. The van der Waals surface area contributed by atoms with Gasteiger partial charge in [0.15, 0.2) is 0 Å². The van der Waals surface area contributed by atoms with Crippen molar-refractivity contribution in [1.29, 1.82) is 0 Å². The van der Waals surface area contributed by atoms with Crippen molar-refractivity contribution in [3.05, 3.63) is 28.2 Å². The molecule has 0 radical (unpaired) electrons. The van der Waals surface area contributed by atoms with E-state index < -0.39 is 5.97 Å². The lowest BCUT2D eigenvalue weighted by Crippen LogP contribution is -2.23. The average Bonchev–Trinajstić information content (AvgIpc) is 2.28. The number of carboxylic acid groups (broad SMARTS) is 1. The second kappa shape index (κ2) is 6.59. The summed E-state index contributed by atoms with van der Waals surface area (Å²) in [5.74, 6) is -0.0756. The van der Waals surface area contributed by atoms with Crippen LogP contribution in [0.25, 0.3) is 0 Å². The molecule has 0 amide bonds. The number of benzene rings is 1. The summed E-state index contributed by atoms with van der Waals surface area (Å²) in [5, 5.41) is 9.11. The van der Waals surface area contributed by atoms with Gasteiger partial charge >= 0.3 is 5.97 Å². The summed E-state index contributed by atoms with van der Waals surface area (Å²) >= 11 is 4.90. The van der Waals surface area contributed by atoms with Crippen molar-refractivity contribution in [2.75, 3.05) is 12.9 Å². The molecule has 0 aliphatic rings.